The molecule has 2 aromatic carbocycles. The predicted molar refractivity (Wildman–Crippen MR) is 118 cm³/mol. The second-order valence-electron chi connectivity index (χ2n) is 7.91. The van der Waals surface area contributed by atoms with Crippen molar-refractivity contribution in [1.29, 1.82) is 0 Å². The molecule has 7 heteroatoms. The largest absolute Gasteiger partial charge is 0.322 e. The SMILES string of the molecule is C[C@H]1CCCN(Cc2ccc(C(=O)Nc3cccc(N(C)S(C)(=O)=O)c3)cc2)C1. The minimum absolute atomic E-state index is 0.220. The zero-order valence-corrected chi connectivity index (χ0v) is 18.1. The summed E-state index contributed by atoms with van der Waals surface area (Å²) in [6, 6.07) is 14.5. The number of hydrogen-bond donors (Lipinski definition) is 1. The van der Waals surface area contributed by atoms with Gasteiger partial charge in [-0.2, -0.15) is 0 Å². The smallest absolute Gasteiger partial charge is 0.255 e. The molecule has 0 unspecified atom stereocenters. The average Bonchev–Trinajstić information content (AvgIpc) is 2.67. The number of nitrogens with zero attached hydrogens (tertiary/aromatic N) is 2. The molecule has 0 spiro atoms. The summed E-state index contributed by atoms with van der Waals surface area (Å²) in [4.78, 5) is 15.0. The van der Waals surface area contributed by atoms with Crippen LogP contribution in [0.25, 0.3) is 0 Å². The van der Waals surface area contributed by atoms with E-state index in [1.165, 1.54) is 29.8 Å². The molecule has 1 atom stereocenters. The van der Waals surface area contributed by atoms with Crippen LogP contribution in [0.5, 0.6) is 0 Å². The van der Waals surface area contributed by atoms with Gasteiger partial charge in [-0.3, -0.25) is 14.0 Å². The van der Waals surface area contributed by atoms with Gasteiger partial charge in [-0.15, -0.1) is 0 Å². The summed E-state index contributed by atoms with van der Waals surface area (Å²) in [5, 5.41) is 2.84. The Morgan fingerprint density at radius 1 is 1.21 bits per heavy atom. The summed E-state index contributed by atoms with van der Waals surface area (Å²) in [5.74, 6) is 0.522. The Morgan fingerprint density at radius 2 is 1.93 bits per heavy atom. The van der Waals surface area contributed by atoms with E-state index in [2.05, 4.69) is 17.1 Å². The van der Waals surface area contributed by atoms with Crippen molar-refractivity contribution in [2.75, 3.05) is 36.0 Å². The Bertz CT molecular complexity index is 958. The average molecular weight is 416 g/mol. The van der Waals surface area contributed by atoms with Crippen LogP contribution in [0.15, 0.2) is 48.5 Å². The van der Waals surface area contributed by atoms with Crippen molar-refractivity contribution in [3.05, 3.63) is 59.7 Å². The van der Waals surface area contributed by atoms with Gasteiger partial charge in [0.2, 0.25) is 10.0 Å². The van der Waals surface area contributed by atoms with E-state index < -0.39 is 10.0 Å². The van der Waals surface area contributed by atoms with Gasteiger partial charge in [0, 0.05) is 31.4 Å². The van der Waals surface area contributed by atoms with Gasteiger partial charge in [0.15, 0.2) is 0 Å². The van der Waals surface area contributed by atoms with Crippen molar-refractivity contribution in [1.82, 2.24) is 4.90 Å². The first-order valence-corrected chi connectivity index (χ1v) is 11.7. The van der Waals surface area contributed by atoms with Gasteiger partial charge in [-0.25, -0.2) is 8.42 Å². The maximum absolute atomic E-state index is 12.6. The maximum atomic E-state index is 12.6. The lowest BCUT2D eigenvalue weighted by molar-refractivity contribution is 0.102. The molecule has 1 fully saturated rings. The number of sulfonamides is 1. The summed E-state index contributed by atoms with van der Waals surface area (Å²) < 4.78 is 24.6. The summed E-state index contributed by atoms with van der Waals surface area (Å²) in [6.45, 7) is 5.46. The molecule has 1 aliphatic heterocycles. The fourth-order valence-corrected chi connectivity index (χ4v) is 4.12. The van der Waals surface area contributed by atoms with E-state index in [0.29, 0.717) is 16.9 Å². The third kappa shape index (κ3) is 5.81. The number of amides is 1. The standard InChI is InChI=1S/C22H29N3O3S/c1-17-6-5-13-25(15-17)16-18-9-11-19(12-10-18)22(26)23-20-7-4-8-21(14-20)24(2)29(3,27)28/h4,7-12,14,17H,5-6,13,15-16H2,1-3H3,(H,23,26)/t17-/m0/s1. The van der Waals surface area contributed by atoms with Crippen LogP contribution in [0, 0.1) is 5.92 Å². The predicted octanol–water partition coefficient (Wildman–Crippen LogP) is 3.57. The molecule has 3 rings (SSSR count). The quantitative estimate of drug-likeness (QED) is 0.783. The van der Waals surface area contributed by atoms with Crippen LogP contribution >= 0.6 is 0 Å². The summed E-state index contributed by atoms with van der Waals surface area (Å²) >= 11 is 0. The van der Waals surface area contributed by atoms with E-state index in [0.717, 1.165) is 31.8 Å². The first kappa shape index (κ1) is 21.3. The molecule has 1 aliphatic rings. The van der Waals surface area contributed by atoms with Crippen LogP contribution in [0.3, 0.4) is 0 Å². The number of carbonyl (C=O) groups is 1. The number of carbonyl (C=O) groups excluding carboxylic acids is 1. The number of piperidine rings is 1. The number of likely N-dealkylation sites (tertiary alicyclic amines) is 1. The van der Waals surface area contributed by atoms with Crippen molar-refractivity contribution >= 4 is 27.3 Å². The van der Waals surface area contributed by atoms with E-state index in [1.54, 1.807) is 24.3 Å². The number of rotatable bonds is 6. The highest BCUT2D eigenvalue weighted by Crippen LogP contribution is 2.21. The van der Waals surface area contributed by atoms with Gasteiger partial charge in [0.05, 0.1) is 11.9 Å². The molecule has 0 saturated carbocycles. The molecule has 1 N–H and O–H groups in total. The molecule has 0 radical (unpaired) electrons. The molecular formula is C22H29N3O3S. The monoisotopic (exact) mass is 415 g/mol. The molecule has 6 nitrogen and oxygen atoms in total. The van der Waals surface area contributed by atoms with Crippen molar-refractivity contribution in [2.24, 2.45) is 5.92 Å². The Labute approximate surface area is 173 Å². The zero-order chi connectivity index (χ0) is 21.0. The highest BCUT2D eigenvalue weighted by Gasteiger charge is 2.17. The molecule has 0 bridgehead atoms. The fraction of sp³-hybridized carbons (Fsp3) is 0.409. The molecule has 0 aromatic heterocycles. The Hall–Kier alpha value is -2.38. The Morgan fingerprint density at radius 3 is 2.59 bits per heavy atom. The second kappa shape index (κ2) is 8.97. The van der Waals surface area contributed by atoms with Crippen molar-refractivity contribution in [3.8, 4) is 0 Å². The van der Waals surface area contributed by atoms with Gasteiger partial charge in [0.25, 0.3) is 5.91 Å². The molecule has 156 valence electrons. The highest BCUT2D eigenvalue weighted by atomic mass is 32.2. The van der Waals surface area contributed by atoms with Crippen LogP contribution in [-0.2, 0) is 16.6 Å². The normalized spacial score (nSPS) is 17.7. The van der Waals surface area contributed by atoms with Crippen LogP contribution in [0.1, 0.15) is 35.7 Å². The van der Waals surface area contributed by atoms with Crippen LogP contribution in [0.2, 0.25) is 0 Å². The first-order valence-electron chi connectivity index (χ1n) is 9.89. The lowest BCUT2D eigenvalue weighted by atomic mass is 9.99. The number of anilines is 2. The summed E-state index contributed by atoms with van der Waals surface area (Å²) in [6.07, 6.45) is 3.69. The second-order valence-corrected chi connectivity index (χ2v) is 9.93. The van der Waals surface area contributed by atoms with E-state index in [9.17, 15) is 13.2 Å². The van der Waals surface area contributed by atoms with E-state index in [4.69, 9.17) is 0 Å². The number of nitrogens with one attached hydrogen (secondary N) is 1. The topological polar surface area (TPSA) is 69.7 Å². The third-order valence-electron chi connectivity index (χ3n) is 5.33. The third-order valence-corrected chi connectivity index (χ3v) is 6.53. The van der Waals surface area contributed by atoms with E-state index in [-0.39, 0.29) is 5.91 Å². The summed E-state index contributed by atoms with van der Waals surface area (Å²) in [5.41, 5.74) is 2.82. The Balaban J connectivity index is 1.64. The van der Waals surface area contributed by atoms with Crippen LogP contribution < -0.4 is 9.62 Å². The van der Waals surface area contributed by atoms with E-state index in [1.807, 2.05) is 24.3 Å². The molecule has 29 heavy (non-hydrogen) atoms. The minimum Gasteiger partial charge on any atom is -0.322 e. The summed E-state index contributed by atoms with van der Waals surface area (Å²) in [7, 11) is -1.87. The maximum Gasteiger partial charge on any atom is 0.255 e. The fourth-order valence-electron chi connectivity index (χ4n) is 3.62. The van der Waals surface area contributed by atoms with Crippen LogP contribution in [0.4, 0.5) is 11.4 Å². The number of hydrogen-bond acceptors (Lipinski definition) is 4. The molecule has 2 aromatic rings. The highest BCUT2D eigenvalue weighted by molar-refractivity contribution is 7.92. The molecular weight excluding hydrogens is 386 g/mol. The van der Waals surface area contributed by atoms with Gasteiger partial charge in [-0.1, -0.05) is 25.1 Å². The van der Waals surface area contributed by atoms with Crippen molar-refractivity contribution in [2.45, 2.75) is 26.3 Å². The van der Waals surface area contributed by atoms with Crippen molar-refractivity contribution in [3.63, 3.8) is 0 Å². The molecule has 1 heterocycles. The van der Waals surface area contributed by atoms with Gasteiger partial charge in [0.1, 0.15) is 0 Å². The Kier molecular flexibility index (Phi) is 6.59. The van der Waals surface area contributed by atoms with Gasteiger partial charge < -0.3 is 5.32 Å². The molecule has 1 amide bonds. The molecule has 1 saturated heterocycles. The van der Waals surface area contributed by atoms with Gasteiger partial charge >= 0.3 is 0 Å². The number of benzene rings is 2. The lowest BCUT2D eigenvalue weighted by Gasteiger charge is -2.30. The van der Waals surface area contributed by atoms with Gasteiger partial charge in [-0.05, 0) is 61.2 Å². The first-order chi connectivity index (χ1) is 13.7. The molecule has 0 aliphatic carbocycles. The van der Waals surface area contributed by atoms with Crippen LogP contribution in [-0.4, -0.2) is 45.6 Å². The van der Waals surface area contributed by atoms with Crippen molar-refractivity contribution < 1.29 is 13.2 Å². The lowest BCUT2D eigenvalue weighted by Crippen LogP contribution is -2.33. The van der Waals surface area contributed by atoms with E-state index >= 15 is 0 Å². The zero-order valence-electron chi connectivity index (χ0n) is 17.3. The minimum atomic E-state index is -3.36.